The molecule has 1 amide bonds. The first kappa shape index (κ1) is 13.6. The Morgan fingerprint density at radius 3 is 2.59 bits per heavy atom. The Morgan fingerprint density at radius 1 is 1.47 bits per heavy atom. The van der Waals surface area contributed by atoms with Gasteiger partial charge in [0.1, 0.15) is 0 Å². The number of nitrogens with zero attached hydrogens (tertiary/aromatic N) is 1. The lowest BCUT2D eigenvalue weighted by Crippen LogP contribution is -2.51. The fraction of sp³-hybridized carbons (Fsp3) is 0.538. The van der Waals surface area contributed by atoms with Gasteiger partial charge in [0, 0.05) is 17.8 Å². The fourth-order valence-corrected chi connectivity index (χ4v) is 1.55. The minimum absolute atomic E-state index is 0.107. The van der Waals surface area contributed by atoms with Gasteiger partial charge in [-0.1, -0.05) is 6.92 Å². The lowest BCUT2D eigenvalue weighted by molar-refractivity contribution is 0.0905. The zero-order valence-corrected chi connectivity index (χ0v) is 11.0. The van der Waals surface area contributed by atoms with Crippen LogP contribution in [0.4, 0.5) is 0 Å². The molecule has 1 rings (SSSR count). The molecule has 3 N–H and O–H groups in total. The van der Waals surface area contributed by atoms with Crippen molar-refractivity contribution in [2.75, 3.05) is 6.54 Å². The van der Waals surface area contributed by atoms with E-state index in [4.69, 9.17) is 5.73 Å². The molecule has 1 aromatic rings. The van der Waals surface area contributed by atoms with Gasteiger partial charge in [0.05, 0.1) is 11.3 Å². The van der Waals surface area contributed by atoms with Crippen LogP contribution in [0.15, 0.2) is 12.1 Å². The van der Waals surface area contributed by atoms with Crippen molar-refractivity contribution in [1.82, 2.24) is 10.3 Å². The van der Waals surface area contributed by atoms with Gasteiger partial charge in [0.15, 0.2) is 0 Å². The number of hydrogen-bond acceptors (Lipinski definition) is 3. The molecule has 1 unspecified atom stereocenters. The fourth-order valence-electron chi connectivity index (χ4n) is 1.55. The Hall–Kier alpha value is -1.42. The molecule has 4 heteroatoms. The zero-order chi connectivity index (χ0) is 13.1. The van der Waals surface area contributed by atoms with E-state index in [0.717, 1.165) is 17.8 Å². The van der Waals surface area contributed by atoms with E-state index in [1.165, 1.54) is 0 Å². The Morgan fingerprint density at radius 2 is 2.12 bits per heavy atom. The predicted molar refractivity (Wildman–Crippen MR) is 68.9 cm³/mol. The second kappa shape index (κ2) is 5.27. The van der Waals surface area contributed by atoms with Crippen LogP contribution in [0.3, 0.4) is 0 Å². The van der Waals surface area contributed by atoms with Gasteiger partial charge in [-0.05, 0) is 39.3 Å². The molecule has 4 nitrogen and oxygen atoms in total. The summed E-state index contributed by atoms with van der Waals surface area (Å²) < 4.78 is 0. The number of rotatable bonds is 4. The number of pyridine rings is 1. The van der Waals surface area contributed by atoms with E-state index < -0.39 is 0 Å². The third-order valence-electron chi connectivity index (χ3n) is 3.12. The second-order valence-electron chi connectivity index (χ2n) is 4.66. The first-order valence-corrected chi connectivity index (χ1v) is 5.88. The molecule has 1 heterocycles. The number of carbonyl (C=O) groups is 1. The molecule has 0 saturated heterocycles. The lowest BCUT2D eigenvalue weighted by Gasteiger charge is -2.28. The van der Waals surface area contributed by atoms with E-state index in [1.54, 1.807) is 6.07 Å². The second-order valence-corrected chi connectivity index (χ2v) is 4.66. The topological polar surface area (TPSA) is 68.0 Å². The van der Waals surface area contributed by atoms with Crippen molar-refractivity contribution in [3.63, 3.8) is 0 Å². The Labute approximate surface area is 103 Å². The first-order chi connectivity index (χ1) is 7.91. The van der Waals surface area contributed by atoms with Crippen LogP contribution in [-0.4, -0.2) is 23.0 Å². The minimum atomic E-state index is -0.353. The summed E-state index contributed by atoms with van der Waals surface area (Å²) in [7, 11) is 0. The van der Waals surface area contributed by atoms with Crippen LogP contribution in [-0.2, 0) is 0 Å². The van der Waals surface area contributed by atoms with Crippen molar-refractivity contribution in [2.45, 2.75) is 39.7 Å². The van der Waals surface area contributed by atoms with Gasteiger partial charge in [-0.3, -0.25) is 9.78 Å². The van der Waals surface area contributed by atoms with Crippen molar-refractivity contribution in [3.05, 3.63) is 29.1 Å². The van der Waals surface area contributed by atoms with Gasteiger partial charge in [0.25, 0.3) is 5.91 Å². The highest BCUT2D eigenvalue weighted by molar-refractivity contribution is 5.95. The summed E-state index contributed by atoms with van der Waals surface area (Å²) in [5, 5.41) is 2.97. The molecule has 0 spiro atoms. The van der Waals surface area contributed by atoms with Crippen molar-refractivity contribution >= 4 is 5.91 Å². The summed E-state index contributed by atoms with van der Waals surface area (Å²) in [5.74, 6) is -0.107. The number of aromatic nitrogens is 1. The molecule has 0 aliphatic rings. The molecule has 94 valence electrons. The monoisotopic (exact) mass is 235 g/mol. The third kappa shape index (κ3) is 3.27. The summed E-state index contributed by atoms with van der Waals surface area (Å²) in [6.07, 6.45) is 0.799. The number of amides is 1. The van der Waals surface area contributed by atoms with Gasteiger partial charge in [-0.15, -0.1) is 0 Å². The first-order valence-electron chi connectivity index (χ1n) is 5.88. The molecular weight excluding hydrogens is 214 g/mol. The van der Waals surface area contributed by atoms with Crippen LogP contribution in [0.25, 0.3) is 0 Å². The number of nitrogens with two attached hydrogens (primary N) is 1. The van der Waals surface area contributed by atoms with Gasteiger partial charge < -0.3 is 11.1 Å². The smallest absolute Gasteiger partial charge is 0.253 e. The lowest BCUT2D eigenvalue weighted by atomic mass is 9.98. The SMILES string of the molecule is CCC(C)(CN)NC(=O)c1ccc(C)nc1C. The number of aryl methyl sites for hydroxylation is 2. The standard InChI is InChI=1S/C13H21N3O/c1-5-13(4,8-14)16-12(17)11-7-6-9(2)15-10(11)3/h6-7H,5,8,14H2,1-4H3,(H,16,17). The molecule has 0 bridgehead atoms. The molecule has 0 radical (unpaired) electrons. The molecule has 0 aliphatic heterocycles. The number of nitrogens with one attached hydrogen (secondary N) is 1. The van der Waals surface area contributed by atoms with Crippen molar-refractivity contribution in [2.24, 2.45) is 5.73 Å². The van der Waals surface area contributed by atoms with E-state index in [9.17, 15) is 4.79 Å². The molecule has 0 aliphatic carbocycles. The predicted octanol–water partition coefficient (Wildman–Crippen LogP) is 1.56. The van der Waals surface area contributed by atoms with Crippen LogP contribution in [0.1, 0.15) is 42.0 Å². The minimum Gasteiger partial charge on any atom is -0.346 e. The Balaban J connectivity index is 2.90. The van der Waals surface area contributed by atoms with Crippen molar-refractivity contribution < 1.29 is 4.79 Å². The molecule has 0 saturated carbocycles. The van der Waals surface area contributed by atoms with E-state index in [-0.39, 0.29) is 11.4 Å². The molecule has 1 atom stereocenters. The van der Waals surface area contributed by atoms with E-state index in [0.29, 0.717) is 12.1 Å². The molecular formula is C13H21N3O. The van der Waals surface area contributed by atoms with E-state index in [2.05, 4.69) is 10.3 Å². The van der Waals surface area contributed by atoms with Gasteiger partial charge >= 0.3 is 0 Å². The molecule has 0 aromatic carbocycles. The van der Waals surface area contributed by atoms with Crippen LogP contribution >= 0.6 is 0 Å². The Bertz CT molecular complexity index is 411. The zero-order valence-electron chi connectivity index (χ0n) is 11.0. The molecule has 0 fully saturated rings. The maximum absolute atomic E-state index is 12.1. The maximum Gasteiger partial charge on any atom is 0.253 e. The third-order valence-corrected chi connectivity index (χ3v) is 3.12. The highest BCUT2D eigenvalue weighted by atomic mass is 16.1. The van der Waals surface area contributed by atoms with Crippen LogP contribution in [0.2, 0.25) is 0 Å². The summed E-state index contributed by atoms with van der Waals surface area (Å²) in [6.45, 7) is 8.13. The van der Waals surface area contributed by atoms with Crippen molar-refractivity contribution in [1.29, 1.82) is 0 Å². The summed E-state index contributed by atoms with van der Waals surface area (Å²) in [6, 6.07) is 3.65. The maximum atomic E-state index is 12.1. The average molecular weight is 235 g/mol. The highest BCUT2D eigenvalue weighted by Crippen LogP contribution is 2.11. The molecule has 1 aromatic heterocycles. The summed E-state index contributed by atoms with van der Waals surface area (Å²) in [4.78, 5) is 16.4. The van der Waals surface area contributed by atoms with Gasteiger partial charge in [0.2, 0.25) is 0 Å². The summed E-state index contributed by atoms with van der Waals surface area (Å²) >= 11 is 0. The number of carbonyl (C=O) groups excluding carboxylic acids is 1. The Kier molecular flexibility index (Phi) is 4.23. The highest BCUT2D eigenvalue weighted by Gasteiger charge is 2.23. The van der Waals surface area contributed by atoms with E-state index >= 15 is 0 Å². The normalized spacial score (nSPS) is 14.2. The average Bonchev–Trinajstić information content (AvgIpc) is 2.28. The van der Waals surface area contributed by atoms with Crippen LogP contribution < -0.4 is 11.1 Å². The van der Waals surface area contributed by atoms with Gasteiger partial charge in [-0.25, -0.2) is 0 Å². The van der Waals surface area contributed by atoms with Crippen LogP contribution in [0.5, 0.6) is 0 Å². The summed E-state index contributed by atoms with van der Waals surface area (Å²) in [5.41, 5.74) is 7.60. The molecule has 17 heavy (non-hydrogen) atoms. The van der Waals surface area contributed by atoms with E-state index in [1.807, 2.05) is 33.8 Å². The van der Waals surface area contributed by atoms with Crippen molar-refractivity contribution in [3.8, 4) is 0 Å². The van der Waals surface area contributed by atoms with Gasteiger partial charge in [-0.2, -0.15) is 0 Å². The van der Waals surface area contributed by atoms with Crippen LogP contribution in [0, 0.1) is 13.8 Å². The quantitative estimate of drug-likeness (QED) is 0.832. The number of hydrogen-bond donors (Lipinski definition) is 2. The largest absolute Gasteiger partial charge is 0.346 e.